The molecule has 3 heterocycles. The van der Waals surface area contributed by atoms with Crippen molar-refractivity contribution >= 4 is 5.91 Å². The molecule has 4 nitrogen and oxygen atoms in total. The SMILES string of the molecule is C[C@@]12C[C@H]3[C@H](Cc4ccccc4)N[C@@H]1CCCC[C@@H]2N3C(=O)CN1CCCC1. The van der Waals surface area contributed by atoms with Crippen LogP contribution in [-0.2, 0) is 11.2 Å². The van der Waals surface area contributed by atoms with E-state index in [9.17, 15) is 4.79 Å². The number of benzene rings is 1. The average molecular weight is 382 g/mol. The van der Waals surface area contributed by atoms with E-state index in [0.29, 0.717) is 36.6 Å². The summed E-state index contributed by atoms with van der Waals surface area (Å²) in [7, 11) is 0. The molecule has 1 aromatic rings. The van der Waals surface area contributed by atoms with Crippen molar-refractivity contribution in [2.75, 3.05) is 19.6 Å². The second-order valence-electron chi connectivity index (χ2n) is 9.88. The van der Waals surface area contributed by atoms with E-state index in [1.807, 2.05) is 0 Å². The van der Waals surface area contributed by atoms with Crippen LogP contribution in [0.1, 0.15) is 57.4 Å². The van der Waals surface area contributed by atoms with Crippen LogP contribution >= 0.6 is 0 Å². The van der Waals surface area contributed by atoms with Gasteiger partial charge in [0.2, 0.25) is 5.91 Å². The van der Waals surface area contributed by atoms with E-state index < -0.39 is 0 Å². The highest BCUT2D eigenvalue weighted by Gasteiger charge is 2.60. The summed E-state index contributed by atoms with van der Waals surface area (Å²) in [5.41, 5.74) is 1.63. The Hall–Kier alpha value is -1.39. The lowest BCUT2D eigenvalue weighted by Gasteiger charge is -2.43. The molecular formula is C24H35N3O. The number of rotatable bonds is 4. The van der Waals surface area contributed by atoms with Crippen LogP contribution in [0.25, 0.3) is 0 Å². The Morgan fingerprint density at radius 3 is 2.64 bits per heavy atom. The maximum atomic E-state index is 13.6. The molecule has 5 rings (SSSR count). The topological polar surface area (TPSA) is 35.6 Å². The Labute approximate surface area is 169 Å². The highest BCUT2D eigenvalue weighted by molar-refractivity contribution is 5.80. The number of hydrogen-bond donors (Lipinski definition) is 1. The quantitative estimate of drug-likeness (QED) is 0.870. The molecule has 152 valence electrons. The van der Waals surface area contributed by atoms with Crippen molar-refractivity contribution in [3.05, 3.63) is 35.9 Å². The molecule has 1 aromatic carbocycles. The molecule has 1 aliphatic carbocycles. The lowest BCUT2D eigenvalue weighted by atomic mass is 9.70. The van der Waals surface area contributed by atoms with Crippen molar-refractivity contribution in [2.45, 2.75) is 82.5 Å². The molecular weight excluding hydrogens is 346 g/mol. The van der Waals surface area contributed by atoms with Gasteiger partial charge in [-0.25, -0.2) is 0 Å². The summed E-state index contributed by atoms with van der Waals surface area (Å²) in [5, 5.41) is 4.05. The lowest BCUT2D eigenvalue weighted by molar-refractivity contribution is -0.136. The number of hydrogen-bond acceptors (Lipinski definition) is 3. The standard InChI is InChI=1S/C24H35N3O/c1-24-16-20-19(15-18-9-3-2-4-10-18)25-21(24)11-5-6-12-22(24)27(20)23(28)17-26-13-7-8-14-26/h2-4,9-10,19-22,25H,5-8,11-17H2,1H3/t19-,20-,21+,22-,24+/m0/s1. The molecule has 1 saturated carbocycles. The summed E-state index contributed by atoms with van der Waals surface area (Å²) in [5.74, 6) is 0.392. The van der Waals surface area contributed by atoms with Crippen LogP contribution in [-0.4, -0.2) is 59.5 Å². The summed E-state index contributed by atoms with van der Waals surface area (Å²) >= 11 is 0. The first-order chi connectivity index (χ1) is 13.6. The van der Waals surface area contributed by atoms with Gasteiger partial charge in [0.15, 0.2) is 0 Å². The average Bonchev–Trinajstić information content (AvgIpc) is 3.25. The van der Waals surface area contributed by atoms with Gasteiger partial charge in [0, 0.05) is 29.6 Å². The minimum absolute atomic E-state index is 0.245. The normalized spacial score (nSPS) is 37.8. The van der Waals surface area contributed by atoms with Crippen LogP contribution in [0.5, 0.6) is 0 Å². The van der Waals surface area contributed by atoms with E-state index in [1.54, 1.807) is 0 Å². The fourth-order valence-electron chi connectivity index (χ4n) is 6.71. The highest BCUT2D eigenvalue weighted by atomic mass is 16.2. The first kappa shape index (κ1) is 18.6. The van der Waals surface area contributed by atoms with Crippen molar-refractivity contribution in [3.63, 3.8) is 0 Å². The largest absolute Gasteiger partial charge is 0.333 e. The number of amides is 1. The highest BCUT2D eigenvalue weighted by Crippen LogP contribution is 2.52. The fraction of sp³-hybridized carbons (Fsp3) is 0.708. The first-order valence-corrected chi connectivity index (χ1v) is 11.5. The Morgan fingerprint density at radius 1 is 1.11 bits per heavy atom. The molecule has 28 heavy (non-hydrogen) atoms. The molecule has 0 unspecified atom stereocenters. The number of nitrogens with one attached hydrogen (secondary N) is 1. The van der Waals surface area contributed by atoms with Crippen LogP contribution in [0.4, 0.5) is 0 Å². The maximum absolute atomic E-state index is 13.6. The van der Waals surface area contributed by atoms with Crippen molar-refractivity contribution in [1.82, 2.24) is 15.1 Å². The predicted octanol–water partition coefficient (Wildman–Crippen LogP) is 3.22. The second kappa shape index (κ2) is 7.46. The molecule has 1 amide bonds. The molecule has 3 aliphatic heterocycles. The number of carbonyl (C=O) groups is 1. The molecule has 0 spiro atoms. The van der Waals surface area contributed by atoms with Gasteiger partial charge in [0.05, 0.1) is 6.54 Å². The third kappa shape index (κ3) is 3.19. The van der Waals surface area contributed by atoms with Gasteiger partial charge in [0.1, 0.15) is 0 Å². The zero-order valence-corrected chi connectivity index (χ0v) is 17.3. The summed E-state index contributed by atoms with van der Waals surface area (Å²) < 4.78 is 0. The van der Waals surface area contributed by atoms with Gasteiger partial charge in [-0.15, -0.1) is 0 Å². The van der Waals surface area contributed by atoms with E-state index in [2.05, 4.69) is 52.4 Å². The van der Waals surface area contributed by atoms with Crippen molar-refractivity contribution < 1.29 is 4.79 Å². The first-order valence-electron chi connectivity index (χ1n) is 11.5. The smallest absolute Gasteiger partial charge is 0.237 e. The van der Waals surface area contributed by atoms with Gasteiger partial charge < -0.3 is 10.2 Å². The van der Waals surface area contributed by atoms with Crippen LogP contribution < -0.4 is 5.32 Å². The van der Waals surface area contributed by atoms with E-state index in [-0.39, 0.29) is 5.41 Å². The van der Waals surface area contributed by atoms with Gasteiger partial charge in [-0.2, -0.15) is 0 Å². The van der Waals surface area contributed by atoms with Crippen LogP contribution in [0.2, 0.25) is 0 Å². The van der Waals surface area contributed by atoms with Gasteiger partial charge >= 0.3 is 0 Å². The maximum Gasteiger partial charge on any atom is 0.237 e. The minimum atomic E-state index is 0.245. The van der Waals surface area contributed by atoms with Gasteiger partial charge in [-0.1, -0.05) is 50.1 Å². The zero-order valence-electron chi connectivity index (χ0n) is 17.3. The lowest BCUT2D eigenvalue weighted by Crippen LogP contribution is -2.58. The Bertz CT molecular complexity index is 701. The van der Waals surface area contributed by atoms with E-state index in [4.69, 9.17) is 0 Å². The Balaban J connectivity index is 1.43. The van der Waals surface area contributed by atoms with Crippen molar-refractivity contribution in [1.29, 1.82) is 0 Å². The number of fused-ring (bicyclic) bond motifs is 1. The molecule has 0 aromatic heterocycles. The van der Waals surface area contributed by atoms with E-state index >= 15 is 0 Å². The predicted molar refractivity (Wildman–Crippen MR) is 112 cm³/mol. The molecule has 2 bridgehead atoms. The van der Waals surface area contributed by atoms with Gasteiger partial charge in [-0.05, 0) is 57.2 Å². The summed E-state index contributed by atoms with van der Waals surface area (Å²) in [4.78, 5) is 18.3. The number of nitrogens with zero attached hydrogens (tertiary/aromatic N) is 2. The summed E-state index contributed by atoms with van der Waals surface area (Å²) in [6.07, 6.45) is 9.71. The number of piperidine rings is 1. The van der Waals surface area contributed by atoms with Gasteiger partial charge in [0.25, 0.3) is 0 Å². The van der Waals surface area contributed by atoms with Crippen molar-refractivity contribution in [2.24, 2.45) is 5.41 Å². The monoisotopic (exact) mass is 381 g/mol. The molecule has 4 aliphatic rings. The molecule has 4 fully saturated rings. The second-order valence-corrected chi connectivity index (χ2v) is 9.88. The van der Waals surface area contributed by atoms with E-state index in [0.717, 1.165) is 19.5 Å². The number of likely N-dealkylation sites (tertiary alicyclic amines) is 2. The third-order valence-corrected chi connectivity index (χ3v) is 8.14. The summed E-state index contributed by atoms with van der Waals surface area (Å²) in [6, 6.07) is 12.5. The minimum Gasteiger partial charge on any atom is -0.333 e. The van der Waals surface area contributed by atoms with Crippen LogP contribution in [0.15, 0.2) is 30.3 Å². The molecule has 0 radical (unpaired) electrons. The van der Waals surface area contributed by atoms with E-state index in [1.165, 1.54) is 50.5 Å². The van der Waals surface area contributed by atoms with Crippen molar-refractivity contribution in [3.8, 4) is 0 Å². The summed E-state index contributed by atoms with van der Waals surface area (Å²) in [6.45, 7) is 5.29. The Kier molecular flexibility index (Phi) is 4.96. The molecule has 5 atom stereocenters. The van der Waals surface area contributed by atoms with Gasteiger partial charge in [-0.3, -0.25) is 9.69 Å². The zero-order chi connectivity index (χ0) is 19.1. The Morgan fingerprint density at radius 2 is 1.86 bits per heavy atom. The number of carbonyl (C=O) groups excluding carboxylic acids is 1. The van der Waals surface area contributed by atoms with Crippen LogP contribution in [0, 0.1) is 5.41 Å². The third-order valence-electron chi connectivity index (χ3n) is 8.14. The fourth-order valence-corrected chi connectivity index (χ4v) is 6.71. The molecule has 1 N–H and O–H groups in total. The molecule has 3 saturated heterocycles. The molecule has 4 heteroatoms. The van der Waals surface area contributed by atoms with Crippen LogP contribution in [0.3, 0.4) is 0 Å².